The molecule has 0 spiro atoms. The molecule has 33 heavy (non-hydrogen) atoms. The van der Waals surface area contributed by atoms with E-state index in [1.54, 1.807) is 36.7 Å². The lowest BCUT2D eigenvalue weighted by molar-refractivity contribution is -0.138. The first-order valence-corrected chi connectivity index (χ1v) is 12.5. The molecular weight excluding hydrogens is 430 g/mol. The normalized spacial score (nSPS) is 13.2. The van der Waals surface area contributed by atoms with Crippen molar-refractivity contribution in [3.63, 3.8) is 0 Å². The quantitative estimate of drug-likeness (QED) is 0.360. The van der Waals surface area contributed by atoms with Crippen LogP contribution in [0.5, 0.6) is 0 Å². The zero-order valence-electron chi connectivity index (χ0n) is 19.0. The van der Waals surface area contributed by atoms with Crippen molar-refractivity contribution in [3.8, 4) is 11.1 Å². The van der Waals surface area contributed by atoms with Crippen LogP contribution in [0.2, 0.25) is 0 Å². The summed E-state index contributed by atoms with van der Waals surface area (Å²) in [5.74, 6) is -1.18. The minimum Gasteiger partial charge on any atom is -0.481 e. The van der Waals surface area contributed by atoms with E-state index in [2.05, 4.69) is 49.2 Å². The van der Waals surface area contributed by atoms with E-state index in [4.69, 9.17) is 0 Å². The smallest absolute Gasteiger partial charge is 0.311 e. The first kappa shape index (κ1) is 22.9. The monoisotopic (exact) mass is 457 g/mol. The summed E-state index contributed by atoms with van der Waals surface area (Å²) in [6, 6.07) is 23.5. The first-order chi connectivity index (χ1) is 15.8. The molecular formula is C28H27NO3S. The summed E-state index contributed by atoms with van der Waals surface area (Å²) in [6.45, 7) is 4.35. The highest BCUT2D eigenvalue weighted by Gasteiger charge is 2.21. The van der Waals surface area contributed by atoms with Crippen LogP contribution >= 0.6 is 0 Å². The van der Waals surface area contributed by atoms with Gasteiger partial charge in [-0.1, -0.05) is 56.3 Å². The molecule has 3 aromatic carbocycles. The Labute approximate surface area is 196 Å². The molecule has 4 nitrogen and oxygen atoms in total. The third-order valence-corrected chi connectivity index (χ3v) is 6.92. The molecule has 0 aliphatic carbocycles. The van der Waals surface area contributed by atoms with Crippen LogP contribution in [0, 0.1) is 0 Å². The van der Waals surface area contributed by atoms with Crippen molar-refractivity contribution in [3.05, 3.63) is 95.7 Å². The average molecular weight is 458 g/mol. The zero-order chi connectivity index (χ0) is 23.5. The molecule has 1 N–H and O–H groups in total. The van der Waals surface area contributed by atoms with Crippen LogP contribution in [0.3, 0.4) is 0 Å². The topological polar surface area (TPSA) is 67.3 Å². The van der Waals surface area contributed by atoms with Gasteiger partial charge in [0, 0.05) is 39.1 Å². The van der Waals surface area contributed by atoms with Crippen molar-refractivity contribution < 1.29 is 14.1 Å². The molecule has 5 heteroatoms. The fourth-order valence-corrected chi connectivity index (χ4v) is 4.63. The summed E-state index contributed by atoms with van der Waals surface area (Å²) in [7, 11) is -1.09. The predicted molar refractivity (Wildman–Crippen MR) is 134 cm³/mol. The summed E-state index contributed by atoms with van der Waals surface area (Å²) in [6.07, 6.45) is 3.78. The van der Waals surface area contributed by atoms with Gasteiger partial charge in [0.15, 0.2) is 0 Å². The Morgan fingerprint density at radius 2 is 1.73 bits per heavy atom. The van der Waals surface area contributed by atoms with Gasteiger partial charge in [-0.2, -0.15) is 0 Å². The minimum absolute atomic E-state index is 0.368. The Morgan fingerprint density at radius 1 is 0.970 bits per heavy atom. The minimum atomic E-state index is -1.09. The number of aliphatic carboxylic acids is 1. The van der Waals surface area contributed by atoms with Gasteiger partial charge in [-0.3, -0.25) is 14.0 Å². The number of rotatable bonds is 7. The summed E-state index contributed by atoms with van der Waals surface area (Å²) < 4.78 is 11.7. The molecule has 0 amide bonds. The Kier molecular flexibility index (Phi) is 6.70. The van der Waals surface area contributed by atoms with Gasteiger partial charge < -0.3 is 5.11 Å². The van der Waals surface area contributed by atoms with Gasteiger partial charge in [-0.05, 0) is 64.9 Å². The molecule has 0 aliphatic heterocycles. The van der Waals surface area contributed by atoms with Crippen LogP contribution in [0.15, 0.2) is 83.9 Å². The highest BCUT2D eigenvalue weighted by Crippen LogP contribution is 2.33. The maximum atomic E-state index is 12.1. The Morgan fingerprint density at radius 3 is 2.39 bits per heavy atom. The van der Waals surface area contributed by atoms with Crippen LogP contribution in [0.4, 0.5) is 0 Å². The number of hydrogen-bond donors (Lipinski definition) is 1. The lowest BCUT2D eigenvalue weighted by Crippen LogP contribution is -2.14. The van der Waals surface area contributed by atoms with E-state index < -0.39 is 22.7 Å². The van der Waals surface area contributed by atoms with Crippen molar-refractivity contribution >= 4 is 27.7 Å². The lowest BCUT2D eigenvalue weighted by Gasteiger charge is -2.16. The first-order valence-electron chi connectivity index (χ1n) is 11.0. The molecule has 0 bridgehead atoms. The largest absolute Gasteiger partial charge is 0.481 e. The number of fused-ring (bicyclic) bond motifs is 1. The van der Waals surface area contributed by atoms with Gasteiger partial charge in [0.25, 0.3) is 0 Å². The van der Waals surface area contributed by atoms with Gasteiger partial charge >= 0.3 is 5.97 Å². The summed E-state index contributed by atoms with van der Waals surface area (Å²) in [4.78, 5) is 17.4. The van der Waals surface area contributed by atoms with Crippen LogP contribution < -0.4 is 0 Å². The number of aromatic nitrogens is 1. The Bertz CT molecular complexity index is 1330. The van der Waals surface area contributed by atoms with Gasteiger partial charge in [0.1, 0.15) is 0 Å². The van der Waals surface area contributed by atoms with E-state index in [1.165, 1.54) is 5.56 Å². The number of carboxylic acid groups (broad SMARTS) is 1. The maximum Gasteiger partial charge on any atom is 0.311 e. The van der Waals surface area contributed by atoms with Crippen molar-refractivity contribution in [1.82, 2.24) is 4.98 Å². The van der Waals surface area contributed by atoms with E-state index in [9.17, 15) is 14.1 Å². The molecule has 0 saturated heterocycles. The third kappa shape index (κ3) is 5.04. The van der Waals surface area contributed by atoms with Crippen molar-refractivity contribution in [2.45, 2.75) is 37.0 Å². The summed E-state index contributed by atoms with van der Waals surface area (Å²) in [5, 5.41) is 11.0. The highest BCUT2D eigenvalue weighted by molar-refractivity contribution is 7.84. The van der Waals surface area contributed by atoms with Crippen molar-refractivity contribution in [2.24, 2.45) is 0 Å². The van der Waals surface area contributed by atoms with Crippen molar-refractivity contribution in [1.29, 1.82) is 0 Å². The fourth-order valence-electron chi connectivity index (χ4n) is 4.11. The zero-order valence-corrected chi connectivity index (χ0v) is 19.8. The average Bonchev–Trinajstić information content (AvgIpc) is 2.82. The van der Waals surface area contributed by atoms with E-state index in [0.29, 0.717) is 22.8 Å². The van der Waals surface area contributed by atoms with Crippen molar-refractivity contribution in [2.75, 3.05) is 6.26 Å². The number of carbonyl (C=O) groups is 1. The molecule has 0 fully saturated rings. The number of carboxylic acids is 1. The van der Waals surface area contributed by atoms with E-state index in [-0.39, 0.29) is 0 Å². The van der Waals surface area contributed by atoms with Crippen LogP contribution in [-0.2, 0) is 22.0 Å². The standard InChI is InChI=1S/C28H27NO3S/c1-18(2)23-16-22-8-5-13-29-27(22)25(17-23)21-7-4-6-19(14-21)15-26(28(30)31)20-9-11-24(12-10-20)33(3)32/h4-14,16-18,26H,15H2,1-3H3,(H,30,31). The number of nitrogens with zero attached hydrogens (tertiary/aromatic N) is 1. The molecule has 2 unspecified atom stereocenters. The van der Waals surface area contributed by atoms with Gasteiger partial charge in [0.2, 0.25) is 0 Å². The number of benzene rings is 3. The van der Waals surface area contributed by atoms with Gasteiger partial charge in [0.05, 0.1) is 11.4 Å². The molecule has 168 valence electrons. The molecule has 4 rings (SSSR count). The van der Waals surface area contributed by atoms with Gasteiger partial charge in [-0.15, -0.1) is 0 Å². The molecule has 0 aliphatic rings. The number of pyridine rings is 1. The lowest BCUT2D eigenvalue weighted by atomic mass is 9.89. The molecule has 2 atom stereocenters. The molecule has 1 heterocycles. The highest BCUT2D eigenvalue weighted by atomic mass is 32.2. The number of hydrogen-bond acceptors (Lipinski definition) is 3. The predicted octanol–water partition coefficient (Wildman–Crippen LogP) is 6.17. The van der Waals surface area contributed by atoms with E-state index in [0.717, 1.165) is 27.6 Å². The molecule has 0 radical (unpaired) electrons. The second kappa shape index (κ2) is 9.67. The van der Waals surface area contributed by atoms with Crippen LogP contribution in [0.25, 0.3) is 22.0 Å². The maximum absolute atomic E-state index is 12.1. The Hall–Kier alpha value is -3.31. The van der Waals surface area contributed by atoms with E-state index in [1.807, 2.05) is 18.2 Å². The third-order valence-electron chi connectivity index (χ3n) is 5.98. The fraction of sp³-hybridized carbons (Fsp3) is 0.214. The summed E-state index contributed by atoms with van der Waals surface area (Å²) in [5.41, 5.74) is 5.92. The second-order valence-electron chi connectivity index (χ2n) is 8.62. The van der Waals surface area contributed by atoms with Crippen LogP contribution in [-0.4, -0.2) is 26.5 Å². The SMILES string of the molecule is CC(C)c1cc(-c2cccc(CC(C(=O)O)c3ccc(S(C)=O)cc3)c2)c2ncccc2c1. The molecule has 4 aromatic rings. The molecule has 0 saturated carbocycles. The van der Waals surface area contributed by atoms with Gasteiger partial charge in [-0.25, -0.2) is 0 Å². The van der Waals surface area contributed by atoms with Crippen LogP contribution in [0.1, 0.15) is 42.4 Å². The van der Waals surface area contributed by atoms with E-state index >= 15 is 0 Å². The summed E-state index contributed by atoms with van der Waals surface area (Å²) >= 11 is 0. The Balaban J connectivity index is 1.72. The molecule has 1 aromatic heterocycles. The second-order valence-corrected chi connectivity index (χ2v) is 10.00.